The number of rotatable bonds is 5. The number of carbonyl (C=O) groups is 2. The Kier molecular flexibility index (Phi) is 5.82. The summed E-state index contributed by atoms with van der Waals surface area (Å²) in [4.78, 5) is 33.0. The first-order valence-corrected chi connectivity index (χ1v) is 14.8. The Labute approximate surface area is 220 Å². The van der Waals surface area contributed by atoms with Gasteiger partial charge in [-0.15, -0.1) is 0 Å². The number of piperazine rings is 1. The Morgan fingerprint density at radius 1 is 1.00 bits per heavy atom. The number of fused-ring (bicyclic) bond motifs is 6. The molecule has 2 bridgehead atoms. The molecule has 198 valence electrons. The number of aromatic nitrogens is 1. The number of alkyl halides is 1. The Balaban J connectivity index is 0.991. The topological polar surface area (TPSA) is 77.0 Å². The standard InChI is InChI=1S/C28H35FN4O3S/c29-28(36)14-19-13-21(28)24-23(19)26(34)33(27(24)35)16-18-6-2-1-5-17(18)15-31-9-11-32(12-10-31)25-20-7-3-4-8-22(20)37-30-25/h3-4,7-8,17-19,21,23-24,36H,1-2,5-6,9-16H2/t17-,18?,19-,21+,23+,24-,28+/m0/s1. The van der Waals surface area contributed by atoms with E-state index in [2.05, 4.69) is 34.1 Å². The molecule has 0 spiro atoms. The van der Waals surface area contributed by atoms with Crippen molar-refractivity contribution in [2.45, 2.75) is 44.4 Å². The monoisotopic (exact) mass is 526 g/mol. The van der Waals surface area contributed by atoms with E-state index in [-0.39, 0.29) is 24.2 Å². The van der Waals surface area contributed by atoms with Gasteiger partial charge < -0.3 is 10.0 Å². The molecule has 1 N–H and O–H groups in total. The quantitative estimate of drug-likeness (QED) is 0.601. The summed E-state index contributed by atoms with van der Waals surface area (Å²) in [6, 6.07) is 8.41. The zero-order chi connectivity index (χ0) is 25.3. The highest BCUT2D eigenvalue weighted by Crippen LogP contribution is 2.60. The second-order valence-corrected chi connectivity index (χ2v) is 12.9. The van der Waals surface area contributed by atoms with Crippen LogP contribution in [0.25, 0.3) is 10.1 Å². The first-order chi connectivity index (χ1) is 17.9. The van der Waals surface area contributed by atoms with E-state index in [1.165, 1.54) is 21.4 Å². The molecule has 1 aromatic heterocycles. The Morgan fingerprint density at radius 2 is 1.70 bits per heavy atom. The first-order valence-electron chi connectivity index (χ1n) is 14.0. The van der Waals surface area contributed by atoms with Crippen molar-refractivity contribution in [2.24, 2.45) is 35.5 Å². The van der Waals surface area contributed by atoms with Gasteiger partial charge in [-0.1, -0.05) is 25.0 Å². The fourth-order valence-corrected chi connectivity index (χ4v) is 9.05. The molecule has 7 nitrogen and oxygen atoms in total. The van der Waals surface area contributed by atoms with Crippen molar-refractivity contribution in [3.63, 3.8) is 0 Å². The summed E-state index contributed by atoms with van der Waals surface area (Å²) in [7, 11) is 0. The van der Waals surface area contributed by atoms with Gasteiger partial charge in [-0.05, 0) is 60.7 Å². The van der Waals surface area contributed by atoms with Crippen LogP contribution >= 0.6 is 11.5 Å². The number of benzene rings is 1. The number of hydrogen-bond donors (Lipinski definition) is 1. The predicted molar refractivity (Wildman–Crippen MR) is 140 cm³/mol. The van der Waals surface area contributed by atoms with Gasteiger partial charge in [-0.25, -0.2) is 4.39 Å². The number of halogens is 1. The van der Waals surface area contributed by atoms with Gasteiger partial charge in [0.15, 0.2) is 0 Å². The summed E-state index contributed by atoms with van der Waals surface area (Å²) in [6.07, 6.45) is 4.94. The van der Waals surface area contributed by atoms with Gasteiger partial charge in [0.1, 0.15) is 5.82 Å². The van der Waals surface area contributed by atoms with E-state index in [1.54, 1.807) is 11.5 Å². The van der Waals surface area contributed by atoms with Crippen molar-refractivity contribution in [3.05, 3.63) is 24.3 Å². The van der Waals surface area contributed by atoms with Crippen LogP contribution in [0.1, 0.15) is 38.5 Å². The molecule has 2 aliphatic heterocycles. The molecule has 5 fully saturated rings. The molecule has 3 heterocycles. The van der Waals surface area contributed by atoms with Crippen molar-refractivity contribution in [1.29, 1.82) is 0 Å². The molecule has 2 amide bonds. The third kappa shape index (κ3) is 3.91. The Morgan fingerprint density at radius 3 is 2.49 bits per heavy atom. The van der Waals surface area contributed by atoms with Crippen molar-refractivity contribution in [2.75, 3.05) is 44.2 Å². The van der Waals surface area contributed by atoms with Crippen molar-refractivity contribution in [1.82, 2.24) is 14.2 Å². The maximum absolute atomic E-state index is 14.6. The summed E-state index contributed by atoms with van der Waals surface area (Å²) in [5, 5.41) is 11.4. The van der Waals surface area contributed by atoms with Gasteiger partial charge in [-0.2, -0.15) is 4.37 Å². The molecule has 2 aromatic rings. The molecule has 1 unspecified atom stereocenters. The number of hydrogen-bond acceptors (Lipinski definition) is 7. The molecule has 9 heteroatoms. The average molecular weight is 527 g/mol. The second-order valence-electron chi connectivity index (χ2n) is 12.1. The van der Waals surface area contributed by atoms with Crippen LogP contribution in [-0.2, 0) is 9.59 Å². The number of amides is 2. The fraction of sp³-hybridized carbons (Fsp3) is 0.679. The minimum atomic E-state index is -2.29. The van der Waals surface area contributed by atoms with Crippen molar-refractivity contribution in [3.8, 4) is 0 Å². The van der Waals surface area contributed by atoms with E-state index < -0.39 is 23.6 Å². The van der Waals surface area contributed by atoms with E-state index in [4.69, 9.17) is 4.37 Å². The van der Waals surface area contributed by atoms with Crippen molar-refractivity contribution < 1.29 is 19.1 Å². The SMILES string of the molecule is O=C1[C@@H]2[C@H]3C[C@H]([C@@H]2C(=O)N1CC1CCCC[C@H]1CN1CCN(c2nsc4ccccc24)CC1)[C@@](O)(F)C3. The third-order valence-corrected chi connectivity index (χ3v) is 10.9. The molecule has 37 heavy (non-hydrogen) atoms. The highest BCUT2D eigenvalue weighted by atomic mass is 32.1. The lowest BCUT2D eigenvalue weighted by Gasteiger charge is -2.40. The van der Waals surface area contributed by atoms with Crippen LogP contribution in [0.15, 0.2) is 24.3 Å². The summed E-state index contributed by atoms with van der Waals surface area (Å²) >= 11 is 1.56. The Hall–Kier alpha value is -2.10. The first kappa shape index (κ1) is 24.0. The van der Waals surface area contributed by atoms with E-state index in [0.29, 0.717) is 24.8 Å². The van der Waals surface area contributed by atoms with Crippen LogP contribution in [0, 0.1) is 35.5 Å². The van der Waals surface area contributed by atoms with E-state index in [9.17, 15) is 19.1 Å². The highest BCUT2D eigenvalue weighted by Gasteiger charge is 2.69. The van der Waals surface area contributed by atoms with Gasteiger partial charge >= 0.3 is 0 Å². The molecule has 7 atom stereocenters. The molecular weight excluding hydrogens is 491 g/mol. The van der Waals surface area contributed by atoms with Crippen LogP contribution < -0.4 is 4.90 Å². The predicted octanol–water partition coefficient (Wildman–Crippen LogP) is 3.52. The van der Waals surface area contributed by atoms with Gasteiger partial charge in [0, 0.05) is 57.0 Å². The maximum Gasteiger partial charge on any atom is 0.233 e. The summed E-state index contributed by atoms with van der Waals surface area (Å²) in [5.41, 5.74) is 0. The lowest BCUT2D eigenvalue weighted by Crippen LogP contribution is -2.49. The average Bonchev–Trinajstić information content (AvgIpc) is 3.62. The minimum Gasteiger partial charge on any atom is -0.361 e. The highest BCUT2D eigenvalue weighted by molar-refractivity contribution is 7.13. The third-order valence-electron chi connectivity index (χ3n) is 10.1. The fourth-order valence-electron chi connectivity index (χ4n) is 8.25. The normalized spacial score (nSPS) is 38.2. The minimum absolute atomic E-state index is 0.000417. The summed E-state index contributed by atoms with van der Waals surface area (Å²) in [6.45, 7) is 5.33. The van der Waals surface area contributed by atoms with Crippen LogP contribution in [0.3, 0.4) is 0 Å². The zero-order valence-corrected chi connectivity index (χ0v) is 21.9. The lowest BCUT2D eigenvalue weighted by molar-refractivity contribution is -0.161. The van der Waals surface area contributed by atoms with E-state index in [0.717, 1.165) is 57.8 Å². The van der Waals surface area contributed by atoms with Crippen LogP contribution in [0.5, 0.6) is 0 Å². The molecule has 5 aliphatic rings. The van der Waals surface area contributed by atoms with Crippen LogP contribution in [0.2, 0.25) is 0 Å². The van der Waals surface area contributed by atoms with Gasteiger partial charge in [0.05, 0.1) is 16.5 Å². The van der Waals surface area contributed by atoms with Gasteiger partial charge in [0.2, 0.25) is 17.7 Å². The number of anilines is 1. The second kappa shape index (κ2) is 8.99. The smallest absolute Gasteiger partial charge is 0.233 e. The lowest BCUT2D eigenvalue weighted by atomic mass is 9.78. The number of carbonyl (C=O) groups excluding carboxylic acids is 2. The number of imide groups is 1. The Bertz CT molecular complexity index is 1210. The summed E-state index contributed by atoms with van der Waals surface area (Å²) in [5.74, 6) is -2.75. The maximum atomic E-state index is 14.6. The summed E-state index contributed by atoms with van der Waals surface area (Å²) < 4.78 is 20.6. The zero-order valence-electron chi connectivity index (χ0n) is 21.1. The molecule has 7 rings (SSSR count). The number of aliphatic hydroxyl groups is 1. The van der Waals surface area contributed by atoms with Gasteiger partial charge in [-0.3, -0.25) is 19.4 Å². The molecule has 0 radical (unpaired) electrons. The molecule has 3 aliphatic carbocycles. The molecular formula is C28H35FN4O3S. The molecule has 3 saturated carbocycles. The van der Waals surface area contributed by atoms with Gasteiger partial charge in [0.25, 0.3) is 0 Å². The van der Waals surface area contributed by atoms with E-state index >= 15 is 0 Å². The molecule has 2 saturated heterocycles. The largest absolute Gasteiger partial charge is 0.361 e. The number of likely N-dealkylation sites (tertiary alicyclic amines) is 1. The molecule has 1 aromatic carbocycles. The van der Waals surface area contributed by atoms with E-state index in [1.807, 2.05) is 0 Å². The number of nitrogens with zero attached hydrogens (tertiary/aromatic N) is 4. The van der Waals surface area contributed by atoms with Crippen molar-refractivity contribution >= 4 is 39.3 Å². The van der Waals surface area contributed by atoms with Crippen LogP contribution in [-0.4, -0.2) is 76.2 Å². The van der Waals surface area contributed by atoms with Crippen LogP contribution in [0.4, 0.5) is 10.2 Å².